The Bertz CT molecular complexity index is 1400. The number of hydrogen-bond donors (Lipinski definition) is 2. The number of benzene rings is 3. The van der Waals surface area contributed by atoms with Crippen LogP contribution >= 0.6 is 15.9 Å². The lowest BCUT2D eigenvalue weighted by molar-refractivity contribution is -0.127. The van der Waals surface area contributed by atoms with Gasteiger partial charge in [0.1, 0.15) is 18.8 Å². The van der Waals surface area contributed by atoms with Crippen LogP contribution in [0.2, 0.25) is 0 Å². The highest BCUT2D eigenvalue weighted by atomic mass is 79.9. The Morgan fingerprint density at radius 3 is 2.53 bits per heavy atom. The predicted molar refractivity (Wildman–Crippen MR) is 149 cm³/mol. The molecule has 196 valence electrons. The number of imide groups is 1. The quantitative estimate of drug-likeness (QED) is 0.261. The molecule has 1 fully saturated rings. The van der Waals surface area contributed by atoms with Crippen LogP contribution in [0.3, 0.4) is 0 Å². The van der Waals surface area contributed by atoms with Crippen molar-refractivity contribution in [2.75, 3.05) is 19.0 Å². The zero-order valence-electron chi connectivity index (χ0n) is 21.3. The number of rotatable bonds is 9. The van der Waals surface area contributed by atoms with Gasteiger partial charge >= 0.3 is 6.03 Å². The Balaban J connectivity index is 1.47. The van der Waals surface area contributed by atoms with Gasteiger partial charge in [-0.05, 0) is 54.3 Å². The molecular weight excluding hydrogens is 550 g/mol. The van der Waals surface area contributed by atoms with E-state index in [1.165, 1.54) is 18.7 Å². The van der Waals surface area contributed by atoms with Crippen LogP contribution in [0.1, 0.15) is 29.2 Å². The lowest BCUT2D eigenvalue weighted by atomic mass is 10.1. The van der Waals surface area contributed by atoms with Gasteiger partial charge in [-0.25, -0.2) is 9.69 Å². The molecule has 0 aromatic heterocycles. The maximum Gasteiger partial charge on any atom is 0.329 e. The molecule has 4 rings (SSSR count). The average Bonchev–Trinajstić information content (AvgIpc) is 3.17. The van der Waals surface area contributed by atoms with Crippen molar-refractivity contribution in [1.82, 2.24) is 10.2 Å². The van der Waals surface area contributed by atoms with Crippen molar-refractivity contribution in [3.05, 3.63) is 93.1 Å². The molecule has 0 saturated carbocycles. The van der Waals surface area contributed by atoms with Crippen molar-refractivity contribution >= 4 is 45.5 Å². The van der Waals surface area contributed by atoms with Gasteiger partial charge in [0.25, 0.3) is 5.91 Å². The van der Waals surface area contributed by atoms with Gasteiger partial charge in [0.2, 0.25) is 5.91 Å². The first-order chi connectivity index (χ1) is 18.3. The van der Waals surface area contributed by atoms with E-state index in [2.05, 4.69) is 26.6 Å². The highest BCUT2D eigenvalue weighted by Crippen LogP contribution is 2.35. The van der Waals surface area contributed by atoms with Crippen LogP contribution < -0.4 is 20.1 Å². The number of aryl methyl sites for hydroxylation is 2. The molecule has 9 heteroatoms. The molecule has 1 aliphatic rings. The first-order valence-electron chi connectivity index (χ1n) is 12.1. The molecule has 2 N–H and O–H groups in total. The summed E-state index contributed by atoms with van der Waals surface area (Å²) in [7, 11) is 1.53. The van der Waals surface area contributed by atoms with E-state index in [-0.39, 0.29) is 5.70 Å². The van der Waals surface area contributed by atoms with Crippen LogP contribution in [0.15, 0.2) is 70.8 Å². The van der Waals surface area contributed by atoms with E-state index in [9.17, 15) is 14.4 Å². The summed E-state index contributed by atoms with van der Waals surface area (Å²) in [6.07, 6.45) is 2.27. The second-order valence-corrected chi connectivity index (χ2v) is 9.59. The first-order valence-corrected chi connectivity index (χ1v) is 12.9. The van der Waals surface area contributed by atoms with E-state index in [1.54, 1.807) is 18.2 Å². The summed E-state index contributed by atoms with van der Waals surface area (Å²) in [5, 5.41) is 5.33. The minimum absolute atomic E-state index is 0.0489. The van der Waals surface area contributed by atoms with Gasteiger partial charge in [0, 0.05) is 10.2 Å². The molecule has 0 bridgehead atoms. The molecule has 1 saturated heterocycles. The van der Waals surface area contributed by atoms with E-state index in [0.717, 1.165) is 22.4 Å². The molecule has 0 radical (unpaired) electrons. The van der Waals surface area contributed by atoms with Crippen molar-refractivity contribution in [1.29, 1.82) is 0 Å². The van der Waals surface area contributed by atoms with E-state index in [1.807, 2.05) is 56.3 Å². The molecule has 0 spiro atoms. The van der Waals surface area contributed by atoms with Crippen LogP contribution in [-0.2, 0) is 22.6 Å². The minimum Gasteiger partial charge on any atom is -0.493 e. The summed E-state index contributed by atoms with van der Waals surface area (Å²) in [4.78, 5) is 39.0. The number of para-hydroxylation sites is 1. The van der Waals surface area contributed by atoms with E-state index in [4.69, 9.17) is 9.47 Å². The standard InChI is InChI=1S/C29H28BrN3O5/c1-4-20-7-5-6-8-23(20)31-27(34)16-33-28(35)24(32-29(33)36)13-21-14-25(37-3)26(15-22(21)30)38-17-19-11-9-18(2)10-12-19/h5-15H,4,16-17H2,1-3H3,(H,31,34)(H,32,36)/b24-13+. The largest absolute Gasteiger partial charge is 0.493 e. The van der Waals surface area contributed by atoms with Crippen LogP contribution in [0.25, 0.3) is 6.08 Å². The topological polar surface area (TPSA) is 97.0 Å². The van der Waals surface area contributed by atoms with Gasteiger partial charge in [-0.15, -0.1) is 0 Å². The van der Waals surface area contributed by atoms with Gasteiger partial charge in [-0.2, -0.15) is 0 Å². The van der Waals surface area contributed by atoms with Gasteiger partial charge in [-0.3, -0.25) is 9.59 Å². The third-order valence-electron chi connectivity index (χ3n) is 6.03. The van der Waals surface area contributed by atoms with Gasteiger partial charge in [0.15, 0.2) is 11.5 Å². The molecule has 1 heterocycles. The molecule has 3 aromatic carbocycles. The molecule has 38 heavy (non-hydrogen) atoms. The Labute approximate surface area is 229 Å². The Morgan fingerprint density at radius 2 is 1.82 bits per heavy atom. The minimum atomic E-state index is -0.665. The summed E-state index contributed by atoms with van der Waals surface area (Å²) in [5.74, 6) is -0.0719. The number of carbonyl (C=O) groups is 3. The molecule has 3 aromatic rings. The van der Waals surface area contributed by atoms with Crippen LogP contribution in [0, 0.1) is 6.92 Å². The first kappa shape index (κ1) is 26.9. The van der Waals surface area contributed by atoms with Crippen molar-refractivity contribution in [2.24, 2.45) is 0 Å². The van der Waals surface area contributed by atoms with Gasteiger partial charge in [-0.1, -0.05) is 70.9 Å². The van der Waals surface area contributed by atoms with Crippen LogP contribution in [-0.4, -0.2) is 36.4 Å². The number of halogens is 1. The maximum absolute atomic E-state index is 13.0. The van der Waals surface area contributed by atoms with Crippen molar-refractivity contribution in [3.63, 3.8) is 0 Å². The van der Waals surface area contributed by atoms with Crippen molar-refractivity contribution < 1.29 is 23.9 Å². The van der Waals surface area contributed by atoms with Crippen molar-refractivity contribution in [2.45, 2.75) is 26.9 Å². The summed E-state index contributed by atoms with van der Waals surface area (Å²) >= 11 is 3.51. The molecule has 1 aliphatic heterocycles. The highest BCUT2D eigenvalue weighted by Gasteiger charge is 2.35. The molecule has 0 atom stereocenters. The van der Waals surface area contributed by atoms with E-state index < -0.39 is 24.4 Å². The smallest absolute Gasteiger partial charge is 0.329 e. The third kappa shape index (κ3) is 6.23. The lowest BCUT2D eigenvalue weighted by Crippen LogP contribution is -2.38. The summed E-state index contributed by atoms with van der Waals surface area (Å²) in [6.45, 7) is 3.96. The van der Waals surface area contributed by atoms with Crippen molar-refractivity contribution in [3.8, 4) is 11.5 Å². The number of amides is 4. The number of nitrogens with zero attached hydrogens (tertiary/aromatic N) is 1. The number of urea groups is 1. The predicted octanol–water partition coefficient (Wildman–Crippen LogP) is 5.44. The second kappa shape index (κ2) is 12.0. The monoisotopic (exact) mass is 577 g/mol. The fourth-order valence-electron chi connectivity index (χ4n) is 3.93. The molecule has 8 nitrogen and oxygen atoms in total. The molecular formula is C29H28BrN3O5. The highest BCUT2D eigenvalue weighted by molar-refractivity contribution is 9.10. The van der Waals surface area contributed by atoms with Gasteiger partial charge in [0.05, 0.1) is 7.11 Å². The zero-order valence-corrected chi connectivity index (χ0v) is 22.9. The Hall–Kier alpha value is -4.11. The Kier molecular flexibility index (Phi) is 8.48. The van der Waals surface area contributed by atoms with Crippen LogP contribution in [0.5, 0.6) is 11.5 Å². The zero-order chi connectivity index (χ0) is 27.2. The Morgan fingerprint density at radius 1 is 1.08 bits per heavy atom. The summed E-state index contributed by atoms with van der Waals surface area (Å²) < 4.78 is 12.1. The second-order valence-electron chi connectivity index (χ2n) is 8.74. The van der Waals surface area contributed by atoms with Gasteiger partial charge < -0.3 is 20.1 Å². The number of anilines is 1. The number of carbonyl (C=O) groups excluding carboxylic acids is 3. The third-order valence-corrected chi connectivity index (χ3v) is 6.72. The summed E-state index contributed by atoms with van der Waals surface area (Å²) in [6, 6.07) is 18.2. The lowest BCUT2D eigenvalue weighted by Gasteiger charge is -2.14. The SMILES string of the molecule is CCc1ccccc1NC(=O)CN1C(=O)N/C(=C/c2cc(OC)c(OCc3ccc(C)cc3)cc2Br)C1=O. The number of methoxy groups -OCH3 is 1. The number of nitrogens with one attached hydrogen (secondary N) is 2. The fraction of sp³-hybridized carbons (Fsp3) is 0.207. The molecule has 0 aliphatic carbocycles. The molecule has 4 amide bonds. The normalized spacial score (nSPS) is 14.0. The van der Waals surface area contributed by atoms with E-state index >= 15 is 0 Å². The van der Waals surface area contributed by atoms with E-state index in [0.29, 0.717) is 33.8 Å². The number of ether oxygens (including phenoxy) is 2. The molecule has 0 unspecified atom stereocenters. The average molecular weight is 578 g/mol. The maximum atomic E-state index is 13.0. The fourth-order valence-corrected chi connectivity index (χ4v) is 4.37. The summed E-state index contributed by atoms with van der Waals surface area (Å²) in [5.41, 5.74) is 4.44. The van der Waals surface area contributed by atoms with Crippen LogP contribution in [0.4, 0.5) is 10.5 Å². The number of hydrogen-bond acceptors (Lipinski definition) is 5.